The summed E-state index contributed by atoms with van der Waals surface area (Å²) in [6, 6.07) is 6.62. The van der Waals surface area contributed by atoms with Gasteiger partial charge in [-0.2, -0.15) is 0 Å². The number of nitrogens with one attached hydrogen (secondary N) is 1. The van der Waals surface area contributed by atoms with Crippen LogP contribution in [0.3, 0.4) is 0 Å². The van der Waals surface area contributed by atoms with Crippen molar-refractivity contribution in [3.8, 4) is 0 Å². The maximum Gasteiger partial charge on any atom is 0.0603 e. The Balaban J connectivity index is 1.61. The van der Waals surface area contributed by atoms with E-state index in [0.29, 0.717) is 10.0 Å². The summed E-state index contributed by atoms with van der Waals surface area (Å²) in [5, 5.41) is 4.90. The highest BCUT2D eigenvalue weighted by atomic mass is 35.5. The lowest BCUT2D eigenvalue weighted by atomic mass is 10.2. The van der Waals surface area contributed by atoms with Crippen LogP contribution in [0, 0.1) is 0 Å². The number of halogens is 2. The van der Waals surface area contributed by atoms with Gasteiger partial charge in [0.1, 0.15) is 0 Å². The normalized spacial score (nSPS) is 16.3. The summed E-state index contributed by atoms with van der Waals surface area (Å²) in [7, 11) is 0. The standard InChI is InChI=1S/C14H19Cl2NS/c15-13-7-6-12(10-14(13)16)18-9-3-8-17-11-4-1-2-5-11/h6-7,10-11,17H,1-5,8-9H2. The van der Waals surface area contributed by atoms with Gasteiger partial charge in [-0.15, -0.1) is 11.8 Å². The Hall–Kier alpha value is 0.110. The van der Waals surface area contributed by atoms with Crippen molar-refractivity contribution >= 4 is 35.0 Å². The smallest absolute Gasteiger partial charge is 0.0603 e. The molecule has 0 atom stereocenters. The molecule has 0 aromatic heterocycles. The van der Waals surface area contributed by atoms with Crippen molar-refractivity contribution in [1.29, 1.82) is 0 Å². The van der Waals surface area contributed by atoms with Gasteiger partial charge in [0.05, 0.1) is 10.0 Å². The van der Waals surface area contributed by atoms with E-state index >= 15 is 0 Å². The van der Waals surface area contributed by atoms with Crippen LogP contribution in [-0.4, -0.2) is 18.3 Å². The molecule has 1 saturated carbocycles. The molecular weight excluding hydrogens is 285 g/mol. The molecule has 1 aliphatic carbocycles. The first-order valence-electron chi connectivity index (χ1n) is 6.57. The minimum atomic E-state index is 0.629. The maximum absolute atomic E-state index is 5.98. The second-order valence-electron chi connectivity index (χ2n) is 4.71. The summed E-state index contributed by atoms with van der Waals surface area (Å²) in [5.74, 6) is 1.12. The first-order chi connectivity index (χ1) is 8.75. The van der Waals surface area contributed by atoms with E-state index in [4.69, 9.17) is 23.2 Å². The highest BCUT2D eigenvalue weighted by molar-refractivity contribution is 7.99. The lowest BCUT2D eigenvalue weighted by Crippen LogP contribution is -2.27. The summed E-state index contributed by atoms with van der Waals surface area (Å²) in [6.07, 6.45) is 6.71. The second-order valence-corrected chi connectivity index (χ2v) is 6.70. The van der Waals surface area contributed by atoms with Gasteiger partial charge in [0.25, 0.3) is 0 Å². The Bertz CT molecular complexity index is 378. The molecule has 0 radical (unpaired) electrons. The van der Waals surface area contributed by atoms with Gasteiger partial charge in [0.15, 0.2) is 0 Å². The Morgan fingerprint density at radius 3 is 2.67 bits per heavy atom. The quantitative estimate of drug-likeness (QED) is 0.586. The average Bonchev–Trinajstić information content (AvgIpc) is 2.86. The van der Waals surface area contributed by atoms with E-state index in [0.717, 1.165) is 18.3 Å². The van der Waals surface area contributed by atoms with Crippen molar-refractivity contribution in [1.82, 2.24) is 5.32 Å². The van der Waals surface area contributed by atoms with Crippen LogP contribution in [0.25, 0.3) is 0 Å². The summed E-state index contributed by atoms with van der Waals surface area (Å²) >= 11 is 13.7. The zero-order valence-corrected chi connectivity index (χ0v) is 12.8. The Morgan fingerprint density at radius 2 is 1.94 bits per heavy atom. The van der Waals surface area contributed by atoms with Crippen LogP contribution in [-0.2, 0) is 0 Å². The van der Waals surface area contributed by atoms with Crippen LogP contribution in [0.4, 0.5) is 0 Å². The fourth-order valence-corrected chi connectivity index (χ4v) is 3.52. The molecule has 4 heteroatoms. The van der Waals surface area contributed by atoms with E-state index < -0.39 is 0 Å². The number of hydrogen-bond acceptors (Lipinski definition) is 2. The average molecular weight is 304 g/mol. The summed E-state index contributed by atoms with van der Waals surface area (Å²) in [4.78, 5) is 1.20. The molecule has 0 bridgehead atoms. The third-order valence-electron chi connectivity index (χ3n) is 3.27. The van der Waals surface area contributed by atoms with E-state index in [1.165, 1.54) is 37.0 Å². The van der Waals surface area contributed by atoms with Crippen LogP contribution in [0.1, 0.15) is 32.1 Å². The Labute approximate surface area is 124 Å². The zero-order valence-electron chi connectivity index (χ0n) is 10.4. The number of rotatable bonds is 6. The minimum Gasteiger partial charge on any atom is -0.314 e. The Morgan fingerprint density at radius 1 is 1.17 bits per heavy atom. The van der Waals surface area contributed by atoms with Crippen LogP contribution in [0.15, 0.2) is 23.1 Å². The molecule has 1 aromatic carbocycles. The van der Waals surface area contributed by atoms with Crippen molar-refractivity contribution in [3.05, 3.63) is 28.2 Å². The van der Waals surface area contributed by atoms with Crippen molar-refractivity contribution < 1.29 is 0 Å². The molecule has 1 aliphatic rings. The van der Waals surface area contributed by atoms with Crippen LogP contribution < -0.4 is 5.32 Å². The van der Waals surface area contributed by atoms with E-state index in [1.807, 2.05) is 30.0 Å². The molecule has 1 fully saturated rings. The molecule has 2 rings (SSSR count). The van der Waals surface area contributed by atoms with Crippen molar-refractivity contribution in [2.75, 3.05) is 12.3 Å². The molecule has 0 amide bonds. The van der Waals surface area contributed by atoms with Crippen LogP contribution >= 0.6 is 35.0 Å². The van der Waals surface area contributed by atoms with E-state index in [2.05, 4.69) is 5.32 Å². The third-order valence-corrected chi connectivity index (χ3v) is 5.09. The molecule has 0 unspecified atom stereocenters. The topological polar surface area (TPSA) is 12.0 Å². The molecule has 0 saturated heterocycles. The van der Waals surface area contributed by atoms with Gasteiger partial charge in [-0.25, -0.2) is 0 Å². The predicted octanol–water partition coefficient (Wildman–Crippen LogP) is 5.01. The van der Waals surface area contributed by atoms with Gasteiger partial charge >= 0.3 is 0 Å². The Kier molecular flexibility index (Phi) is 6.16. The van der Waals surface area contributed by atoms with Crippen molar-refractivity contribution in [2.24, 2.45) is 0 Å². The molecule has 18 heavy (non-hydrogen) atoms. The summed E-state index contributed by atoms with van der Waals surface area (Å²) in [6.45, 7) is 1.12. The maximum atomic E-state index is 5.98. The fourth-order valence-electron chi connectivity index (χ4n) is 2.26. The van der Waals surface area contributed by atoms with Crippen LogP contribution in [0.5, 0.6) is 0 Å². The summed E-state index contributed by atoms with van der Waals surface area (Å²) in [5.41, 5.74) is 0. The molecule has 0 spiro atoms. The number of benzene rings is 1. The predicted molar refractivity (Wildman–Crippen MR) is 82.1 cm³/mol. The second kappa shape index (κ2) is 7.64. The molecule has 1 aromatic rings. The first-order valence-corrected chi connectivity index (χ1v) is 8.31. The number of thioether (sulfide) groups is 1. The molecule has 100 valence electrons. The van der Waals surface area contributed by atoms with Crippen molar-refractivity contribution in [3.63, 3.8) is 0 Å². The first kappa shape index (κ1) is 14.5. The van der Waals surface area contributed by atoms with Gasteiger partial charge < -0.3 is 5.32 Å². The highest BCUT2D eigenvalue weighted by Gasteiger charge is 2.13. The third kappa shape index (κ3) is 4.65. The van der Waals surface area contributed by atoms with Gasteiger partial charge in [0.2, 0.25) is 0 Å². The van der Waals surface area contributed by atoms with Crippen molar-refractivity contribution in [2.45, 2.75) is 43.0 Å². The summed E-state index contributed by atoms with van der Waals surface area (Å²) < 4.78 is 0. The fraction of sp³-hybridized carbons (Fsp3) is 0.571. The van der Waals surface area contributed by atoms with E-state index in [9.17, 15) is 0 Å². The van der Waals surface area contributed by atoms with Gasteiger partial charge in [-0.1, -0.05) is 36.0 Å². The van der Waals surface area contributed by atoms with Crippen LogP contribution in [0.2, 0.25) is 10.0 Å². The van der Waals surface area contributed by atoms with E-state index in [1.54, 1.807) is 0 Å². The molecule has 0 aliphatic heterocycles. The lowest BCUT2D eigenvalue weighted by molar-refractivity contribution is 0.525. The molecular formula is C14H19Cl2NS. The zero-order chi connectivity index (χ0) is 12.8. The van der Waals surface area contributed by atoms with Gasteiger partial charge in [-0.3, -0.25) is 0 Å². The molecule has 1 nitrogen and oxygen atoms in total. The minimum absolute atomic E-state index is 0.629. The molecule has 1 N–H and O–H groups in total. The highest BCUT2D eigenvalue weighted by Crippen LogP contribution is 2.28. The number of hydrogen-bond donors (Lipinski definition) is 1. The van der Waals surface area contributed by atoms with Gasteiger partial charge in [0, 0.05) is 10.9 Å². The molecule has 0 heterocycles. The lowest BCUT2D eigenvalue weighted by Gasteiger charge is -2.11. The monoisotopic (exact) mass is 303 g/mol. The SMILES string of the molecule is Clc1ccc(SCCCNC2CCCC2)cc1Cl. The van der Waals surface area contributed by atoms with E-state index in [-0.39, 0.29) is 0 Å². The van der Waals surface area contributed by atoms with Gasteiger partial charge in [-0.05, 0) is 49.8 Å². The largest absolute Gasteiger partial charge is 0.314 e.